The molecule has 8 nitrogen and oxygen atoms in total. The van der Waals surface area contributed by atoms with E-state index in [1.54, 1.807) is 0 Å². The molecule has 32 heavy (non-hydrogen) atoms. The average Bonchev–Trinajstić information content (AvgIpc) is 3.35. The van der Waals surface area contributed by atoms with Crippen LogP contribution in [0.25, 0.3) is 11.6 Å². The molecule has 13 heteroatoms. The molecule has 2 atom stereocenters. The van der Waals surface area contributed by atoms with Crippen LogP contribution in [0.3, 0.4) is 0 Å². The summed E-state index contributed by atoms with van der Waals surface area (Å²) in [5.41, 5.74) is -1.31. The number of carbonyl (C=O) groups is 1. The summed E-state index contributed by atoms with van der Waals surface area (Å²) in [5.74, 6) is -3.52. The number of aromatic nitrogens is 3. The van der Waals surface area contributed by atoms with Crippen molar-refractivity contribution in [1.82, 2.24) is 20.5 Å². The van der Waals surface area contributed by atoms with Gasteiger partial charge in [0, 0.05) is 36.4 Å². The SMILES string of the molecule is COc1cc(F)c(C2CNC(=O)C2Nc2nnc(-c3ccc(C(F)(F)F)cn3)o2)c(F)c1. The van der Waals surface area contributed by atoms with Crippen molar-refractivity contribution >= 4 is 11.9 Å². The Morgan fingerprint density at radius 1 is 1.19 bits per heavy atom. The van der Waals surface area contributed by atoms with Crippen LogP contribution >= 0.6 is 0 Å². The lowest BCUT2D eigenvalue weighted by molar-refractivity contribution is -0.137. The van der Waals surface area contributed by atoms with Crippen LogP contribution in [0, 0.1) is 11.6 Å². The van der Waals surface area contributed by atoms with Gasteiger partial charge in [0.1, 0.15) is 29.1 Å². The Morgan fingerprint density at radius 3 is 2.50 bits per heavy atom. The topological polar surface area (TPSA) is 102 Å². The van der Waals surface area contributed by atoms with Crippen molar-refractivity contribution in [1.29, 1.82) is 0 Å². The van der Waals surface area contributed by atoms with Gasteiger partial charge < -0.3 is 19.8 Å². The summed E-state index contributed by atoms with van der Waals surface area (Å²) in [5, 5.41) is 12.5. The van der Waals surface area contributed by atoms with Gasteiger partial charge in [-0.05, 0) is 12.1 Å². The summed E-state index contributed by atoms with van der Waals surface area (Å²) >= 11 is 0. The molecule has 1 amide bonds. The van der Waals surface area contributed by atoms with Crippen molar-refractivity contribution < 1.29 is 35.9 Å². The van der Waals surface area contributed by atoms with Crippen molar-refractivity contribution in [3.8, 4) is 17.3 Å². The first-order chi connectivity index (χ1) is 15.2. The Balaban J connectivity index is 1.56. The number of ether oxygens (including phenoxy) is 1. The summed E-state index contributed by atoms with van der Waals surface area (Å²) in [4.78, 5) is 15.9. The zero-order valence-corrected chi connectivity index (χ0v) is 16.2. The van der Waals surface area contributed by atoms with Crippen molar-refractivity contribution in [3.05, 3.63) is 53.2 Å². The van der Waals surface area contributed by atoms with Gasteiger partial charge in [0.2, 0.25) is 5.91 Å². The van der Waals surface area contributed by atoms with Gasteiger partial charge in [-0.15, -0.1) is 5.10 Å². The van der Waals surface area contributed by atoms with E-state index >= 15 is 0 Å². The minimum absolute atomic E-state index is 0.0175. The summed E-state index contributed by atoms with van der Waals surface area (Å²) in [7, 11) is 1.26. The Kier molecular flexibility index (Phi) is 5.40. The number of rotatable bonds is 5. The Hall–Kier alpha value is -3.77. The highest BCUT2D eigenvalue weighted by molar-refractivity contribution is 5.88. The number of methoxy groups -OCH3 is 1. The van der Waals surface area contributed by atoms with Crippen LogP contribution in [0.5, 0.6) is 5.75 Å². The van der Waals surface area contributed by atoms with Crippen molar-refractivity contribution in [2.75, 3.05) is 19.0 Å². The van der Waals surface area contributed by atoms with E-state index in [0.29, 0.717) is 6.20 Å². The second kappa shape index (κ2) is 8.05. The number of amides is 1. The van der Waals surface area contributed by atoms with Crippen LogP contribution in [0.15, 0.2) is 34.9 Å². The molecule has 0 radical (unpaired) electrons. The van der Waals surface area contributed by atoms with Crippen LogP contribution in [-0.2, 0) is 11.0 Å². The molecule has 1 aromatic carbocycles. The maximum absolute atomic E-state index is 14.5. The molecule has 3 aromatic rings. The summed E-state index contributed by atoms with van der Waals surface area (Å²) in [6.45, 7) is -0.0574. The van der Waals surface area contributed by atoms with Crippen LogP contribution in [0.2, 0.25) is 0 Å². The fourth-order valence-electron chi connectivity index (χ4n) is 3.30. The highest BCUT2D eigenvalue weighted by Gasteiger charge is 2.40. The molecule has 0 aliphatic carbocycles. The number of nitrogens with one attached hydrogen (secondary N) is 2. The predicted molar refractivity (Wildman–Crippen MR) is 98.6 cm³/mol. The minimum atomic E-state index is -4.55. The van der Waals surface area contributed by atoms with Gasteiger partial charge in [-0.25, -0.2) is 8.78 Å². The van der Waals surface area contributed by atoms with Gasteiger partial charge in [-0.3, -0.25) is 9.78 Å². The second-order valence-corrected chi connectivity index (χ2v) is 6.82. The Labute approximate surface area is 176 Å². The fourth-order valence-corrected chi connectivity index (χ4v) is 3.30. The van der Waals surface area contributed by atoms with Gasteiger partial charge in [-0.1, -0.05) is 5.10 Å². The van der Waals surface area contributed by atoms with Crippen LogP contribution < -0.4 is 15.4 Å². The third-order valence-corrected chi connectivity index (χ3v) is 4.85. The lowest BCUT2D eigenvalue weighted by Crippen LogP contribution is -2.33. The van der Waals surface area contributed by atoms with Gasteiger partial charge in [-0.2, -0.15) is 13.2 Å². The lowest BCUT2D eigenvalue weighted by atomic mass is 9.93. The number of pyridine rings is 1. The summed E-state index contributed by atoms with van der Waals surface area (Å²) in [6, 6.07) is 2.42. The van der Waals surface area contributed by atoms with Crippen LogP contribution in [0.1, 0.15) is 17.0 Å². The van der Waals surface area contributed by atoms with Crippen LogP contribution in [-0.4, -0.2) is 40.8 Å². The molecule has 1 saturated heterocycles. The van der Waals surface area contributed by atoms with E-state index in [1.807, 2.05) is 0 Å². The number of hydrogen-bond acceptors (Lipinski definition) is 7. The van der Waals surface area contributed by atoms with Gasteiger partial charge in [0.05, 0.1) is 12.7 Å². The smallest absolute Gasteiger partial charge is 0.417 e. The van der Waals surface area contributed by atoms with Gasteiger partial charge in [0.15, 0.2) is 0 Å². The van der Waals surface area contributed by atoms with E-state index in [9.17, 15) is 26.7 Å². The molecule has 1 fully saturated rings. The zero-order valence-electron chi connectivity index (χ0n) is 16.2. The first kappa shape index (κ1) is 21.5. The number of benzene rings is 1. The molecule has 1 aliphatic rings. The quantitative estimate of drug-likeness (QED) is 0.570. The highest BCUT2D eigenvalue weighted by Crippen LogP contribution is 2.33. The maximum atomic E-state index is 14.5. The zero-order chi connectivity index (χ0) is 23.0. The second-order valence-electron chi connectivity index (χ2n) is 6.82. The molecule has 0 spiro atoms. The van der Waals surface area contributed by atoms with E-state index in [-0.39, 0.29) is 35.5 Å². The van der Waals surface area contributed by atoms with E-state index in [4.69, 9.17) is 9.15 Å². The van der Waals surface area contributed by atoms with E-state index in [0.717, 1.165) is 24.3 Å². The Bertz CT molecular complexity index is 1130. The largest absolute Gasteiger partial charge is 0.497 e. The number of halogens is 5. The molecule has 2 N–H and O–H groups in total. The van der Waals surface area contributed by atoms with Crippen molar-refractivity contribution in [3.63, 3.8) is 0 Å². The normalized spacial score (nSPS) is 18.5. The van der Waals surface area contributed by atoms with E-state index in [1.165, 1.54) is 7.11 Å². The number of carbonyl (C=O) groups excluding carboxylic acids is 1. The third kappa shape index (κ3) is 4.05. The molecule has 2 unspecified atom stereocenters. The number of nitrogens with zero attached hydrogens (tertiary/aromatic N) is 3. The van der Waals surface area contributed by atoms with Crippen molar-refractivity contribution in [2.24, 2.45) is 0 Å². The molecule has 0 bridgehead atoms. The molecular formula is C19H14F5N5O3. The molecule has 0 saturated carbocycles. The van der Waals surface area contributed by atoms with Crippen LogP contribution in [0.4, 0.5) is 28.0 Å². The molecule has 2 aromatic heterocycles. The number of hydrogen-bond donors (Lipinski definition) is 2. The monoisotopic (exact) mass is 455 g/mol. The lowest BCUT2D eigenvalue weighted by Gasteiger charge is -2.19. The van der Waals surface area contributed by atoms with Gasteiger partial charge >= 0.3 is 12.2 Å². The third-order valence-electron chi connectivity index (χ3n) is 4.85. The molecule has 3 heterocycles. The van der Waals surface area contributed by atoms with Crippen molar-refractivity contribution in [2.45, 2.75) is 18.1 Å². The first-order valence-corrected chi connectivity index (χ1v) is 9.11. The maximum Gasteiger partial charge on any atom is 0.417 e. The van der Waals surface area contributed by atoms with E-state index < -0.39 is 41.2 Å². The first-order valence-electron chi connectivity index (χ1n) is 9.11. The summed E-state index contributed by atoms with van der Waals surface area (Å²) < 4.78 is 77.2. The molecule has 1 aliphatic heterocycles. The summed E-state index contributed by atoms with van der Waals surface area (Å²) in [6.07, 6.45) is -3.94. The molecule has 4 rings (SSSR count). The molecule has 168 valence electrons. The standard InChI is InChI=1S/C19H14F5N5O3/c1-31-9-4-11(20)14(12(21)5-9)10-7-26-16(30)15(10)27-18-29-28-17(32-18)13-3-2-8(6-25-13)19(22,23)24/h2-6,10,15H,7H2,1H3,(H,26,30)(H,27,29). The van der Waals surface area contributed by atoms with Gasteiger partial charge in [0.25, 0.3) is 5.89 Å². The number of anilines is 1. The van der Waals surface area contributed by atoms with E-state index in [2.05, 4.69) is 25.8 Å². The Morgan fingerprint density at radius 2 is 1.91 bits per heavy atom. The predicted octanol–water partition coefficient (Wildman–Crippen LogP) is 3.13. The fraction of sp³-hybridized carbons (Fsp3) is 0.263. The minimum Gasteiger partial charge on any atom is -0.497 e. The average molecular weight is 455 g/mol. The highest BCUT2D eigenvalue weighted by atomic mass is 19.4. The molecular weight excluding hydrogens is 441 g/mol. The number of alkyl halides is 3.